The van der Waals surface area contributed by atoms with Gasteiger partial charge in [-0.1, -0.05) is 0 Å². The summed E-state index contributed by atoms with van der Waals surface area (Å²) in [5, 5.41) is 5.48. The maximum absolute atomic E-state index is 12.3. The zero-order valence-electron chi connectivity index (χ0n) is 15.0. The van der Waals surface area contributed by atoms with E-state index in [0.717, 1.165) is 48.5 Å². The Hall–Kier alpha value is -2.71. The minimum Gasteiger partial charge on any atom is -0.459 e. The Kier molecular flexibility index (Phi) is 5.17. The van der Waals surface area contributed by atoms with E-state index in [4.69, 9.17) is 9.15 Å². The van der Waals surface area contributed by atoms with Crippen LogP contribution in [0.3, 0.4) is 0 Å². The number of amides is 1. The Morgan fingerprint density at radius 3 is 2.81 bits per heavy atom. The number of carbonyl (C=O) groups is 1. The van der Waals surface area contributed by atoms with Crippen LogP contribution >= 0.6 is 11.3 Å². The lowest BCUT2D eigenvalue weighted by molar-refractivity contribution is -0.115. The standard InChI is InChI=1S/C19H20N4O3S/c1-13-2-4-16(26-13)19-21-14(12-27-19)10-18(24)22-17-5-3-15(11-20-17)23-6-8-25-9-7-23/h2-5,11-12H,6-10H2,1H3,(H,20,22,24). The number of pyridine rings is 1. The summed E-state index contributed by atoms with van der Waals surface area (Å²) in [6.07, 6.45) is 1.98. The summed E-state index contributed by atoms with van der Waals surface area (Å²) in [5.41, 5.74) is 1.75. The van der Waals surface area contributed by atoms with E-state index in [1.165, 1.54) is 11.3 Å². The van der Waals surface area contributed by atoms with Crippen LogP contribution < -0.4 is 10.2 Å². The molecule has 0 spiro atoms. The van der Waals surface area contributed by atoms with Crippen LogP contribution in [0, 0.1) is 6.92 Å². The first-order valence-electron chi connectivity index (χ1n) is 8.77. The molecule has 0 radical (unpaired) electrons. The van der Waals surface area contributed by atoms with E-state index >= 15 is 0 Å². The van der Waals surface area contributed by atoms with Crippen LogP contribution in [0.2, 0.25) is 0 Å². The molecule has 0 unspecified atom stereocenters. The maximum atomic E-state index is 12.3. The number of nitrogens with one attached hydrogen (secondary N) is 1. The van der Waals surface area contributed by atoms with Gasteiger partial charge in [0, 0.05) is 18.5 Å². The monoisotopic (exact) mass is 384 g/mol. The molecule has 1 saturated heterocycles. The SMILES string of the molecule is Cc1ccc(-c2nc(CC(=O)Nc3ccc(N4CCOCC4)cn3)cs2)o1. The van der Waals surface area contributed by atoms with Crippen LogP contribution in [0.1, 0.15) is 11.5 Å². The van der Waals surface area contributed by atoms with Crippen molar-refractivity contribution >= 4 is 28.7 Å². The molecule has 4 heterocycles. The first kappa shape index (κ1) is 17.7. The molecule has 1 aliphatic rings. The quantitative estimate of drug-likeness (QED) is 0.728. The van der Waals surface area contributed by atoms with Gasteiger partial charge in [0.05, 0.1) is 37.2 Å². The van der Waals surface area contributed by atoms with Crippen molar-refractivity contribution in [3.63, 3.8) is 0 Å². The maximum Gasteiger partial charge on any atom is 0.231 e. The van der Waals surface area contributed by atoms with Gasteiger partial charge >= 0.3 is 0 Å². The number of aromatic nitrogens is 2. The molecular weight excluding hydrogens is 364 g/mol. The highest BCUT2D eigenvalue weighted by Gasteiger charge is 2.13. The number of hydrogen-bond acceptors (Lipinski definition) is 7. The number of rotatable bonds is 5. The van der Waals surface area contributed by atoms with E-state index in [1.807, 2.05) is 36.6 Å². The lowest BCUT2D eigenvalue weighted by atomic mass is 10.3. The van der Waals surface area contributed by atoms with Crippen LogP contribution in [0.4, 0.5) is 11.5 Å². The van der Waals surface area contributed by atoms with Gasteiger partial charge in [0.15, 0.2) is 10.8 Å². The summed E-state index contributed by atoms with van der Waals surface area (Å²) in [6.45, 7) is 5.06. The summed E-state index contributed by atoms with van der Waals surface area (Å²) in [6, 6.07) is 7.57. The largest absolute Gasteiger partial charge is 0.459 e. The molecule has 7 nitrogen and oxygen atoms in total. The van der Waals surface area contributed by atoms with Crippen LogP contribution in [-0.4, -0.2) is 42.2 Å². The highest BCUT2D eigenvalue weighted by molar-refractivity contribution is 7.13. The van der Waals surface area contributed by atoms with Crippen LogP contribution in [-0.2, 0) is 16.0 Å². The Morgan fingerprint density at radius 2 is 2.11 bits per heavy atom. The smallest absolute Gasteiger partial charge is 0.231 e. The van der Waals surface area contributed by atoms with E-state index in [9.17, 15) is 4.79 Å². The number of ether oxygens (including phenoxy) is 1. The molecule has 0 aromatic carbocycles. The minimum absolute atomic E-state index is 0.144. The van der Waals surface area contributed by atoms with Gasteiger partial charge in [-0.05, 0) is 31.2 Å². The molecule has 3 aromatic rings. The number of carbonyl (C=O) groups excluding carboxylic acids is 1. The van der Waals surface area contributed by atoms with E-state index in [-0.39, 0.29) is 12.3 Å². The van der Waals surface area contributed by atoms with Gasteiger partial charge in [0.1, 0.15) is 11.6 Å². The Bertz CT molecular complexity index is 913. The summed E-state index contributed by atoms with van der Waals surface area (Å²) >= 11 is 1.47. The fourth-order valence-corrected chi connectivity index (χ4v) is 3.65. The third kappa shape index (κ3) is 4.35. The molecule has 0 bridgehead atoms. The lowest BCUT2D eigenvalue weighted by Gasteiger charge is -2.28. The van der Waals surface area contributed by atoms with Crippen LogP contribution in [0.15, 0.2) is 40.3 Å². The molecule has 1 fully saturated rings. The molecule has 8 heteroatoms. The normalized spacial score (nSPS) is 14.3. The summed E-state index contributed by atoms with van der Waals surface area (Å²) < 4.78 is 10.9. The summed E-state index contributed by atoms with van der Waals surface area (Å²) in [5.74, 6) is 1.96. The van der Waals surface area contributed by atoms with E-state index in [2.05, 4.69) is 20.2 Å². The number of anilines is 2. The average Bonchev–Trinajstić information content (AvgIpc) is 3.32. The molecule has 4 rings (SSSR count). The third-order valence-corrected chi connectivity index (χ3v) is 5.14. The van der Waals surface area contributed by atoms with Crippen LogP contribution in [0.25, 0.3) is 10.8 Å². The number of aryl methyl sites for hydroxylation is 1. The second-order valence-electron chi connectivity index (χ2n) is 6.28. The van der Waals surface area contributed by atoms with Gasteiger partial charge < -0.3 is 19.4 Å². The van der Waals surface area contributed by atoms with Gasteiger partial charge in [-0.2, -0.15) is 0 Å². The van der Waals surface area contributed by atoms with Crippen molar-refractivity contribution in [2.75, 3.05) is 36.5 Å². The van der Waals surface area contributed by atoms with Crippen molar-refractivity contribution in [1.29, 1.82) is 0 Å². The first-order valence-corrected chi connectivity index (χ1v) is 9.65. The Labute approximate surface area is 161 Å². The Morgan fingerprint density at radius 1 is 1.26 bits per heavy atom. The van der Waals surface area contributed by atoms with Gasteiger partial charge in [-0.25, -0.2) is 9.97 Å². The first-order chi connectivity index (χ1) is 13.2. The Balaban J connectivity index is 1.34. The van der Waals surface area contributed by atoms with Crippen molar-refractivity contribution in [2.45, 2.75) is 13.3 Å². The third-order valence-electron chi connectivity index (χ3n) is 4.24. The molecular formula is C19H20N4O3S. The highest BCUT2D eigenvalue weighted by Crippen LogP contribution is 2.25. The second-order valence-corrected chi connectivity index (χ2v) is 7.14. The van der Waals surface area contributed by atoms with E-state index < -0.39 is 0 Å². The fraction of sp³-hybridized carbons (Fsp3) is 0.316. The highest BCUT2D eigenvalue weighted by atomic mass is 32.1. The zero-order valence-corrected chi connectivity index (χ0v) is 15.8. The van der Waals surface area contributed by atoms with Gasteiger partial charge in [-0.3, -0.25) is 4.79 Å². The predicted octanol–water partition coefficient (Wildman–Crippen LogP) is 3.12. The average molecular weight is 384 g/mol. The topological polar surface area (TPSA) is 80.5 Å². The predicted molar refractivity (Wildman–Crippen MR) is 104 cm³/mol. The van der Waals surface area contributed by atoms with Gasteiger partial charge in [0.25, 0.3) is 0 Å². The molecule has 0 saturated carbocycles. The molecule has 0 atom stereocenters. The number of thiazole rings is 1. The van der Waals surface area contributed by atoms with Gasteiger partial charge in [0.2, 0.25) is 5.91 Å². The second kappa shape index (κ2) is 7.89. The zero-order chi connectivity index (χ0) is 18.6. The molecule has 27 heavy (non-hydrogen) atoms. The molecule has 1 aliphatic heterocycles. The summed E-state index contributed by atoms with van der Waals surface area (Å²) in [7, 11) is 0. The van der Waals surface area contributed by atoms with E-state index in [0.29, 0.717) is 11.5 Å². The fourth-order valence-electron chi connectivity index (χ4n) is 2.87. The lowest BCUT2D eigenvalue weighted by Crippen LogP contribution is -2.36. The van der Waals surface area contributed by atoms with Crippen molar-refractivity contribution in [1.82, 2.24) is 9.97 Å². The van der Waals surface area contributed by atoms with Crippen molar-refractivity contribution in [3.05, 3.63) is 47.3 Å². The van der Waals surface area contributed by atoms with Crippen molar-refractivity contribution in [2.24, 2.45) is 0 Å². The molecule has 3 aromatic heterocycles. The summed E-state index contributed by atoms with van der Waals surface area (Å²) in [4.78, 5) is 23.3. The van der Waals surface area contributed by atoms with Gasteiger partial charge in [-0.15, -0.1) is 11.3 Å². The number of furan rings is 1. The molecule has 140 valence electrons. The number of nitrogens with zero attached hydrogens (tertiary/aromatic N) is 3. The molecule has 1 amide bonds. The number of morpholine rings is 1. The van der Waals surface area contributed by atoms with E-state index in [1.54, 1.807) is 6.20 Å². The molecule has 1 N–H and O–H groups in total. The number of hydrogen-bond donors (Lipinski definition) is 1. The van der Waals surface area contributed by atoms with Crippen molar-refractivity contribution < 1.29 is 13.9 Å². The minimum atomic E-state index is -0.144. The van der Waals surface area contributed by atoms with Crippen molar-refractivity contribution in [3.8, 4) is 10.8 Å². The van der Waals surface area contributed by atoms with Crippen LogP contribution in [0.5, 0.6) is 0 Å². The molecule has 0 aliphatic carbocycles.